The Morgan fingerprint density at radius 3 is 2.86 bits per heavy atom. The van der Waals surface area contributed by atoms with E-state index in [1.165, 1.54) is 11.3 Å². The summed E-state index contributed by atoms with van der Waals surface area (Å²) in [6.07, 6.45) is 5.53. The molecule has 22 heavy (non-hydrogen) atoms. The number of pyridine rings is 2. The van der Waals surface area contributed by atoms with Crippen LogP contribution >= 0.6 is 11.3 Å². The molecule has 5 nitrogen and oxygen atoms in total. The fourth-order valence-electron chi connectivity index (χ4n) is 2.32. The van der Waals surface area contributed by atoms with Gasteiger partial charge in [0.05, 0.1) is 0 Å². The summed E-state index contributed by atoms with van der Waals surface area (Å²) in [7, 11) is 1.79. The Morgan fingerprint density at radius 2 is 2.14 bits per heavy atom. The number of fused-ring (bicyclic) bond motifs is 1. The molecule has 3 aromatic heterocycles. The fourth-order valence-corrected chi connectivity index (χ4v) is 3.25. The van der Waals surface area contributed by atoms with Gasteiger partial charge in [0.1, 0.15) is 21.2 Å². The van der Waals surface area contributed by atoms with Crippen LogP contribution in [0.15, 0.2) is 36.7 Å². The third kappa shape index (κ3) is 2.35. The molecule has 6 heteroatoms. The van der Waals surface area contributed by atoms with Gasteiger partial charge in [0, 0.05) is 30.9 Å². The van der Waals surface area contributed by atoms with Crippen molar-refractivity contribution < 1.29 is 4.79 Å². The van der Waals surface area contributed by atoms with Gasteiger partial charge in [-0.2, -0.15) is 0 Å². The average Bonchev–Trinajstić information content (AvgIpc) is 3.32. The molecule has 0 N–H and O–H groups in total. The van der Waals surface area contributed by atoms with Crippen LogP contribution in [-0.4, -0.2) is 27.9 Å². The lowest BCUT2D eigenvalue weighted by molar-refractivity contribution is -0.119. The van der Waals surface area contributed by atoms with Crippen LogP contribution < -0.4 is 4.90 Å². The van der Waals surface area contributed by atoms with Gasteiger partial charge < -0.3 is 0 Å². The lowest BCUT2D eigenvalue weighted by Crippen LogP contribution is -2.28. The second-order valence-electron chi connectivity index (χ2n) is 5.43. The van der Waals surface area contributed by atoms with Crippen molar-refractivity contribution in [3.8, 4) is 10.6 Å². The van der Waals surface area contributed by atoms with Crippen molar-refractivity contribution in [1.29, 1.82) is 0 Å². The second-order valence-corrected chi connectivity index (χ2v) is 6.40. The van der Waals surface area contributed by atoms with E-state index in [0.29, 0.717) is 5.82 Å². The van der Waals surface area contributed by atoms with Crippen LogP contribution in [-0.2, 0) is 4.79 Å². The number of anilines is 1. The van der Waals surface area contributed by atoms with E-state index in [2.05, 4.69) is 15.0 Å². The number of amides is 1. The maximum atomic E-state index is 12.1. The van der Waals surface area contributed by atoms with Gasteiger partial charge >= 0.3 is 0 Å². The Kier molecular flexibility index (Phi) is 3.11. The lowest BCUT2D eigenvalue weighted by Gasteiger charge is -2.15. The van der Waals surface area contributed by atoms with E-state index in [4.69, 9.17) is 0 Å². The van der Waals surface area contributed by atoms with Crippen molar-refractivity contribution in [3.05, 3.63) is 36.7 Å². The normalized spacial score (nSPS) is 14.2. The summed E-state index contributed by atoms with van der Waals surface area (Å²) in [5.74, 6) is 1.03. The Labute approximate surface area is 131 Å². The molecule has 0 aliphatic heterocycles. The van der Waals surface area contributed by atoms with E-state index in [-0.39, 0.29) is 11.8 Å². The summed E-state index contributed by atoms with van der Waals surface area (Å²) in [5, 5.41) is 0.893. The number of hydrogen-bond donors (Lipinski definition) is 0. The molecule has 1 fully saturated rings. The molecule has 0 saturated heterocycles. The quantitative estimate of drug-likeness (QED) is 0.746. The molecule has 1 aliphatic carbocycles. The van der Waals surface area contributed by atoms with Gasteiger partial charge in [-0.1, -0.05) is 11.3 Å². The Morgan fingerprint density at radius 1 is 1.27 bits per heavy atom. The van der Waals surface area contributed by atoms with Crippen molar-refractivity contribution in [2.45, 2.75) is 12.8 Å². The lowest BCUT2D eigenvalue weighted by atomic mass is 10.3. The summed E-state index contributed by atoms with van der Waals surface area (Å²) in [5.41, 5.74) is 1.83. The Balaban J connectivity index is 1.70. The standard InChI is InChI=1S/C16H14N4OS/c1-20(16(21)10-4-5-10)13-7-6-12-15(19-13)22-14(18-12)11-3-2-8-17-9-11/h2-3,6-10H,4-5H2,1H3. The molecule has 3 aromatic rings. The largest absolute Gasteiger partial charge is 0.300 e. The predicted molar refractivity (Wildman–Crippen MR) is 86.8 cm³/mol. The molecule has 0 spiro atoms. The summed E-state index contributed by atoms with van der Waals surface area (Å²) < 4.78 is 0. The first-order chi connectivity index (χ1) is 10.7. The molecule has 0 unspecified atom stereocenters. The highest BCUT2D eigenvalue weighted by atomic mass is 32.1. The van der Waals surface area contributed by atoms with Crippen molar-refractivity contribution in [3.63, 3.8) is 0 Å². The van der Waals surface area contributed by atoms with Gasteiger partial charge in [0.25, 0.3) is 0 Å². The maximum absolute atomic E-state index is 12.1. The molecule has 0 radical (unpaired) electrons. The first-order valence-corrected chi connectivity index (χ1v) is 7.99. The highest BCUT2D eigenvalue weighted by Crippen LogP contribution is 2.33. The molecule has 4 rings (SSSR count). The fraction of sp³-hybridized carbons (Fsp3) is 0.250. The number of thiazole rings is 1. The smallest absolute Gasteiger partial charge is 0.230 e. The number of rotatable bonds is 3. The molecule has 0 bridgehead atoms. The van der Waals surface area contributed by atoms with Crippen molar-refractivity contribution >= 4 is 33.4 Å². The van der Waals surface area contributed by atoms with Gasteiger partial charge in [-0.05, 0) is 37.1 Å². The minimum absolute atomic E-state index is 0.156. The third-order valence-corrected chi connectivity index (χ3v) is 4.76. The van der Waals surface area contributed by atoms with Crippen molar-refractivity contribution in [1.82, 2.24) is 15.0 Å². The van der Waals surface area contributed by atoms with E-state index in [1.807, 2.05) is 24.3 Å². The molecular formula is C16H14N4OS. The molecular weight excluding hydrogens is 296 g/mol. The number of hydrogen-bond acceptors (Lipinski definition) is 5. The zero-order chi connectivity index (χ0) is 15.1. The summed E-state index contributed by atoms with van der Waals surface area (Å²) in [6.45, 7) is 0. The van der Waals surface area contributed by atoms with Crippen LogP contribution in [0.5, 0.6) is 0 Å². The zero-order valence-corrected chi connectivity index (χ0v) is 12.9. The van der Waals surface area contributed by atoms with Gasteiger partial charge in [-0.25, -0.2) is 9.97 Å². The molecule has 1 saturated carbocycles. The van der Waals surface area contributed by atoms with Crippen LogP contribution in [0.1, 0.15) is 12.8 Å². The number of carbonyl (C=O) groups excluding carboxylic acids is 1. The van der Waals surface area contributed by atoms with Crippen LogP contribution in [0.3, 0.4) is 0 Å². The number of carbonyl (C=O) groups is 1. The minimum Gasteiger partial charge on any atom is -0.300 e. The maximum Gasteiger partial charge on any atom is 0.230 e. The first-order valence-electron chi connectivity index (χ1n) is 7.18. The molecule has 3 heterocycles. The van der Waals surface area contributed by atoms with Crippen LogP contribution in [0.2, 0.25) is 0 Å². The van der Waals surface area contributed by atoms with Gasteiger partial charge in [-0.15, -0.1) is 0 Å². The van der Waals surface area contributed by atoms with Gasteiger partial charge in [-0.3, -0.25) is 14.7 Å². The monoisotopic (exact) mass is 310 g/mol. The van der Waals surface area contributed by atoms with Gasteiger partial charge in [0.2, 0.25) is 5.91 Å². The highest BCUT2D eigenvalue weighted by molar-refractivity contribution is 7.21. The van der Waals surface area contributed by atoms with Crippen LogP contribution in [0.25, 0.3) is 20.9 Å². The molecule has 0 atom stereocenters. The molecule has 1 aliphatic rings. The zero-order valence-electron chi connectivity index (χ0n) is 12.1. The third-order valence-electron chi connectivity index (χ3n) is 3.75. The van der Waals surface area contributed by atoms with E-state index >= 15 is 0 Å². The second kappa shape index (κ2) is 5.14. The Hall–Kier alpha value is -2.34. The van der Waals surface area contributed by atoms with E-state index in [0.717, 1.165) is 33.8 Å². The molecule has 110 valence electrons. The van der Waals surface area contributed by atoms with Crippen LogP contribution in [0, 0.1) is 5.92 Å². The van der Waals surface area contributed by atoms with E-state index < -0.39 is 0 Å². The number of aromatic nitrogens is 3. The Bertz CT molecular complexity index is 842. The first kappa shape index (κ1) is 13.3. The van der Waals surface area contributed by atoms with E-state index in [9.17, 15) is 4.79 Å². The highest BCUT2D eigenvalue weighted by Gasteiger charge is 2.33. The molecule has 0 aromatic carbocycles. The van der Waals surface area contributed by atoms with Crippen molar-refractivity contribution in [2.75, 3.05) is 11.9 Å². The summed E-state index contributed by atoms with van der Waals surface area (Å²) >= 11 is 1.52. The van der Waals surface area contributed by atoms with Crippen LogP contribution in [0.4, 0.5) is 5.82 Å². The minimum atomic E-state index is 0.156. The summed E-state index contributed by atoms with van der Waals surface area (Å²) in [6, 6.07) is 7.65. The topological polar surface area (TPSA) is 59.0 Å². The van der Waals surface area contributed by atoms with Crippen molar-refractivity contribution in [2.24, 2.45) is 5.92 Å². The SMILES string of the molecule is CN(C(=O)C1CC1)c1ccc2nc(-c3cccnc3)sc2n1. The average molecular weight is 310 g/mol. The summed E-state index contributed by atoms with van der Waals surface area (Å²) in [4.78, 5) is 27.9. The van der Waals surface area contributed by atoms with Gasteiger partial charge in [0.15, 0.2) is 0 Å². The molecule has 1 amide bonds. The number of nitrogens with zero attached hydrogens (tertiary/aromatic N) is 4. The predicted octanol–water partition coefficient (Wildman–Crippen LogP) is 3.13. The van der Waals surface area contributed by atoms with E-state index in [1.54, 1.807) is 24.3 Å².